The number of sulfonamides is 1. The van der Waals surface area contributed by atoms with Gasteiger partial charge in [0.1, 0.15) is 6.54 Å². The van der Waals surface area contributed by atoms with Crippen LogP contribution in [-0.4, -0.2) is 42.6 Å². The number of anilines is 2. The average Bonchev–Trinajstić information content (AvgIpc) is 2.93. The molecule has 1 aromatic carbocycles. The van der Waals surface area contributed by atoms with Gasteiger partial charge in [0, 0.05) is 5.25 Å². The van der Waals surface area contributed by atoms with Crippen LogP contribution in [0.4, 0.5) is 10.8 Å². The first kappa shape index (κ1) is 20.7. The van der Waals surface area contributed by atoms with E-state index < -0.39 is 15.9 Å². The van der Waals surface area contributed by atoms with Gasteiger partial charge in [0.15, 0.2) is 4.34 Å². The number of amides is 1. The lowest BCUT2D eigenvalue weighted by atomic mass is 10.1. The molecule has 0 aliphatic heterocycles. The van der Waals surface area contributed by atoms with E-state index in [2.05, 4.69) is 15.5 Å². The van der Waals surface area contributed by atoms with Crippen LogP contribution in [0.2, 0.25) is 0 Å². The van der Waals surface area contributed by atoms with Crippen molar-refractivity contribution in [1.29, 1.82) is 0 Å². The van der Waals surface area contributed by atoms with E-state index >= 15 is 0 Å². The predicted molar refractivity (Wildman–Crippen MR) is 108 cm³/mol. The van der Waals surface area contributed by atoms with E-state index in [-0.39, 0.29) is 6.54 Å². The molecule has 1 aromatic heterocycles. The molecule has 1 N–H and O–H groups in total. The van der Waals surface area contributed by atoms with Crippen LogP contribution in [0.1, 0.15) is 25.0 Å². The van der Waals surface area contributed by atoms with Crippen molar-refractivity contribution in [3.8, 4) is 0 Å². The summed E-state index contributed by atoms with van der Waals surface area (Å²) in [6.45, 7) is 7.59. The maximum atomic E-state index is 12.3. The van der Waals surface area contributed by atoms with E-state index in [1.807, 2.05) is 33.8 Å². The van der Waals surface area contributed by atoms with Crippen molar-refractivity contribution in [2.45, 2.75) is 37.3 Å². The second-order valence-electron chi connectivity index (χ2n) is 6.13. The second-order valence-corrected chi connectivity index (χ2v) is 10.8. The average molecular weight is 415 g/mol. The molecule has 2 aromatic rings. The van der Waals surface area contributed by atoms with Gasteiger partial charge in [0.25, 0.3) is 0 Å². The Morgan fingerprint density at radius 2 is 1.96 bits per heavy atom. The van der Waals surface area contributed by atoms with Gasteiger partial charge in [-0.1, -0.05) is 43.0 Å². The number of thioether (sulfide) groups is 1. The van der Waals surface area contributed by atoms with Gasteiger partial charge in [-0.25, -0.2) is 8.42 Å². The smallest absolute Gasteiger partial charge is 0.246 e. The minimum absolute atomic E-state index is 0.326. The Morgan fingerprint density at radius 1 is 1.27 bits per heavy atom. The fraction of sp³-hybridized carbons (Fsp3) is 0.438. The molecule has 0 radical (unpaired) electrons. The van der Waals surface area contributed by atoms with Crippen LogP contribution in [0.3, 0.4) is 0 Å². The maximum Gasteiger partial charge on any atom is 0.246 e. The quantitative estimate of drug-likeness (QED) is 0.553. The van der Waals surface area contributed by atoms with E-state index in [4.69, 9.17) is 0 Å². The zero-order valence-corrected chi connectivity index (χ0v) is 17.8. The molecule has 2 rings (SSSR count). The highest BCUT2D eigenvalue weighted by Crippen LogP contribution is 2.28. The summed E-state index contributed by atoms with van der Waals surface area (Å²) in [6, 6.07) is 5.28. The van der Waals surface area contributed by atoms with E-state index in [0.29, 0.717) is 16.1 Å². The number of aromatic nitrogens is 2. The number of aryl methyl sites for hydroxylation is 2. The molecule has 0 saturated carbocycles. The predicted octanol–water partition coefficient (Wildman–Crippen LogP) is 3.06. The number of nitrogens with zero attached hydrogens (tertiary/aromatic N) is 3. The molecule has 26 heavy (non-hydrogen) atoms. The molecule has 0 aliphatic rings. The van der Waals surface area contributed by atoms with Gasteiger partial charge in [-0.15, -0.1) is 10.2 Å². The number of rotatable bonds is 7. The summed E-state index contributed by atoms with van der Waals surface area (Å²) in [4.78, 5) is 12.3. The largest absolute Gasteiger partial charge is 0.299 e. The van der Waals surface area contributed by atoms with E-state index in [0.717, 1.165) is 26.0 Å². The molecule has 0 saturated heterocycles. The van der Waals surface area contributed by atoms with Gasteiger partial charge in [-0.3, -0.25) is 14.4 Å². The molecule has 142 valence electrons. The Bertz CT molecular complexity index is 894. The Hall–Kier alpha value is -1.65. The molecule has 0 unspecified atom stereocenters. The van der Waals surface area contributed by atoms with Crippen molar-refractivity contribution < 1.29 is 13.2 Å². The van der Waals surface area contributed by atoms with Gasteiger partial charge in [0.05, 0.1) is 11.9 Å². The van der Waals surface area contributed by atoms with Crippen molar-refractivity contribution in [1.82, 2.24) is 10.2 Å². The second kappa shape index (κ2) is 8.36. The number of benzene rings is 1. The topological polar surface area (TPSA) is 92.3 Å². The molecular formula is C16H22N4O3S3. The SMILES string of the molecule is Cc1ccc(N(CC(=O)Nc2nnc(SC(C)C)s2)S(C)(=O)=O)cc1C. The standard InChI is InChI=1S/C16H22N4O3S3/c1-10(2)24-16-19-18-15(25-16)17-14(21)9-20(26(5,22)23)13-7-6-11(3)12(4)8-13/h6-8,10H,9H2,1-5H3,(H,17,18,21). The Morgan fingerprint density at radius 3 is 2.54 bits per heavy atom. The third-order valence-corrected chi connectivity index (χ3v) is 6.52. The maximum absolute atomic E-state index is 12.3. The third kappa shape index (κ3) is 5.68. The van der Waals surface area contributed by atoms with Crippen LogP contribution in [0.25, 0.3) is 0 Å². The number of nitrogens with one attached hydrogen (secondary N) is 1. The van der Waals surface area contributed by atoms with Crippen molar-refractivity contribution in [3.63, 3.8) is 0 Å². The van der Waals surface area contributed by atoms with E-state index in [1.54, 1.807) is 23.9 Å². The molecule has 10 heteroatoms. The van der Waals surface area contributed by atoms with Gasteiger partial charge in [-0.05, 0) is 37.1 Å². The van der Waals surface area contributed by atoms with Crippen LogP contribution in [0, 0.1) is 13.8 Å². The zero-order chi connectivity index (χ0) is 19.5. The highest BCUT2D eigenvalue weighted by atomic mass is 32.2. The zero-order valence-electron chi connectivity index (χ0n) is 15.3. The third-order valence-electron chi connectivity index (χ3n) is 3.46. The highest BCUT2D eigenvalue weighted by Gasteiger charge is 2.22. The Kier molecular flexibility index (Phi) is 6.64. The number of carbonyl (C=O) groups excluding carboxylic acids is 1. The molecule has 0 aliphatic carbocycles. The van der Waals surface area contributed by atoms with Crippen molar-refractivity contribution in [3.05, 3.63) is 29.3 Å². The fourth-order valence-corrected chi connectivity index (χ4v) is 4.92. The number of hydrogen-bond acceptors (Lipinski definition) is 7. The number of carbonyl (C=O) groups is 1. The summed E-state index contributed by atoms with van der Waals surface area (Å²) in [5.74, 6) is -0.467. The van der Waals surface area contributed by atoms with Crippen LogP contribution in [-0.2, 0) is 14.8 Å². The lowest BCUT2D eigenvalue weighted by molar-refractivity contribution is -0.114. The lowest BCUT2D eigenvalue weighted by Crippen LogP contribution is -2.37. The Balaban J connectivity index is 2.14. The fourth-order valence-electron chi connectivity index (χ4n) is 2.08. The first-order chi connectivity index (χ1) is 12.1. The van der Waals surface area contributed by atoms with Gasteiger partial charge in [-0.2, -0.15) is 0 Å². The minimum atomic E-state index is -3.61. The van der Waals surface area contributed by atoms with Crippen LogP contribution in [0.5, 0.6) is 0 Å². The van der Waals surface area contributed by atoms with Gasteiger partial charge in [0.2, 0.25) is 21.1 Å². The van der Waals surface area contributed by atoms with E-state index in [9.17, 15) is 13.2 Å². The molecular weight excluding hydrogens is 392 g/mol. The lowest BCUT2D eigenvalue weighted by Gasteiger charge is -2.22. The molecule has 7 nitrogen and oxygen atoms in total. The summed E-state index contributed by atoms with van der Waals surface area (Å²) >= 11 is 2.82. The molecule has 0 atom stereocenters. The monoisotopic (exact) mass is 414 g/mol. The highest BCUT2D eigenvalue weighted by molar-refractivity contribution is 8.01. The van der Waals surface area contributed by atoms with Crippen LogP contribution in [0.15, 0.2) is 22.5 Å². The molecule has 1 amide bonds. The molecule has 0 spiro atoms. The molecule has 0 fully saturated rings. The first-order valence-corrected chi connectivity index (χ1v) is 11.5. The minimum Gasteiger partial charge on any atom is -0.299 e. The van der Waals surface area contributed by atoms with Crippen molar-refractivity contribution in [2.75, 3.05) is 22.4 Å². The molecule has 0 bridgehead atoms. The van der Waals surface area contributed by atoms with Crippen LogP contribution >= 0.6 is 23.1 Å². The molecule has 1 heterocycles. The van der Waals surface area contributed by atoms with Crippen LogP contribution < -0.4 is 9.62 Å². The van der Waals surface area contributed by atoms with Crippen molar-refractivity contribution >= 4 is 49.8 Å². The van der Waals surface area contributed by atoms with Crippen molar-refractivity contribution in [2.24, 2.45) is 0 Å². The summed E-state index contributed by atoms with van der Waals surface area (Å²) < 4.78 is 26.2. The summed E-state index contributed by atoms with van der Waals surface area (Å²) in [7, 11) is -3.61. The summed E-state index contributed by atoms with van der Waals surface area (Å²) in [5.41, 5.74) is 2.46. The van der Waals surface area contributed by atoms with Gasteiger partial charge >= 0.3 is 0 Å². The first-order valence-electron chi connectivity index (χ1n) is 7.91. The van der Waals surface area contributed by atoms with Gasteiger partial charge < -0.3 is 0 Å². The van der Waals surface area contributed by atoms with E-state index in [1.165, 1.54) is 11.3 Å². The number of hydrogen-bond donors (Lipinski definition) is 1. The summed E-state index contributed by atoms with van der Waals surface area (Å²) in [5, 5.41) is 11.3. The summed E-state index contributed by atoms with van der Waals surface area (Å²) in [6.07, 6.45) is 1.08. The Labute approximate surface area is 162 Å². The normalized spacial score (nSPS) is 11.6.